The number of halogens is 6. The maximum absolute atomic E-state index is 13.1. The molecule has 0 aliphatic heterocycles. The Kier molecular flexibility index (Phi) is 12.0. The van der Waals surface area contributed by atoms with E-state index in [9.17, 15) is 19.2 Å². The molecule has 1 aromatic carbocycles. The zero-order chi connectivity index (χ0) is 34.1. The van der Waals surface area contributed by atoms with E-state index in [0.717, 1.165) is 31.7 Å². The number of hydrogen-bond acceptors (Lipinski definition) is 8. The number of allylic oxidation sites excluding steroid dienone is 3. The Bertz CT molecular complexity index is 1490. The van der Waals surface area contributed by atoms with Gasteiger partial charge in [-0.3, -0.25) is 4.79 Å². The first-order valence-corrected chi connectivity index (χ1v) is 17.3. The fraction of sp³-hybridized carbons (Fsp3) is 0.562. The highest BCUT2D eigenvalue weighted by Crippen LogP contribution is 2.57. The first-order valence-electron chi connectivity index (χ1n) is 14.9. The van der Waals surface area contributed by atoms with Gasteiger partial charge in [0.25, 0.3) is 0 Å². The van der Waals surface area contributed by atoms with E-state index in [1.807, 2.05) is 0 Å². The van der Waals surface area contributed by atoms with Crippen LogP contribution in [-0.2, 0) is 28.6 Å². The molecular formula is C32H34Cl6O8. The lowest BCUT2D eigenvalue weighted by Crippen LogP contribution is -2.35. The molecule has 0 N–H and O–H groups in total. The Morgan fingerprint density at radius 2 is 1.37 bits per heavy atom. The van der Waals surface area contributed by atoms with Crippen LogP contribution in [0, 0.1) is 28.6 Å². The lowest BCUT2D eigenvalue weighted by atomic mass is 9.97. The van der Waals surface area contributed by atoms with Gasteiger partial charge in [-0.15, -0.1) is 11.6 Å². The summed E-state index contributed by atoms with van der Waals surface area (Å²) in [7, 11) is 0. The molecule has 0 aromatic heterocycles. The second-order valence-corrected chi connectivity index (χ2v) is 15.0. The molecule has 0 radical (unpaired) electrons. The first-order chi connectivity index (χ1) is 21.6. The maximum Gasteiger partial charge on any atom is 0.423 e. The predicted molar refractivity (Wildman–Crippen MR) is 177 cm³/mol. The number of esters is 4. The van der Waals surface area contributed by atoms with Crippen molar-refractivity contribution in [2.24, 2.45) is 28.6 Å². The van der Waals surface area contributed by atoms with Crippen molar-refractivity contribution in [2.45, 2.75) is 71.6 Å². The second-order valence-electron chi connectivity index (χ2n) is 12.5. The summed E-state index contributed by atoms with van der Waals surface area (Å²) in [6.07, 6.45) is 6.55. The molecule has 46 heavy (non-hydrogen) atoms. The molecule has 3 aliphatic rings. The van der Waals surface area contributed by atoms with E-state index in [0.29, 0.717) is 24.7 Å². The highest BCUT2D eigenvalue weighted by atomic mass is 35.5. The third-order valence-electron chi connectivity index (χ3n) is 9.59. The van der Waals surface area contributed by atoms with E-state index in [1.54, 1.807) is 0 Å². The van der Waals surface area contributed by atoms with Crippen LogP contribution in [0.2, 0.25) is 15.1 Å². The van der Waals surface area contributed by atoms with E-state index in [-0.39, 0.29) is 49.2 Å². The van der Waals surface area contributed by atoms with E-state index in [4.69, 9.17) is 88.6 Å². The summed E-state index contributed by atoms with van der Waals surface area (Å²) in [4.78, 5) is 52.1. The van der Waals surface area contributed by atoms with Gasteiger partial charge in [-0.25, -0.2) is 14.4 Å². The van der Waals surface area contributed by atoms with Crippen molar-refractivity contribution in [3.05, 3.63) is 48.6 Å². The van der Waals surface area contributed by atoms with Crippen LogP contribution in [0.1, 0.15) is 76.6 Å². The number of alkyl halides is 1. The third-order valence-corrected chi connectivity index (χ3v) is 11.9. The summed E-state index contributed by atoms with van der Waals surface area (Å²) in [5.74, 6) is -6.66. The molecule has 0 heterocycles. The van der Waals surface area contributed by atoms with Crippen LogP contribution in [0.15, 0.2) is 28.0 Å². The quantitative estimate of drug-likeness (QED) is 0.0519. The van der Waals surface area contributed by atoms with Crippen molar-refractivity contribution in [3.8, 4) is 5.75 Å². The average Bonchev–Trinajstić information content (AvgIpc) is 3.88. The monoisotopic (exact) mass is 756 g/mol. The lowest BCUT2D eigenvalue weighted by Gasteiger charge is -2.26. The summed E-state index contributed by atoms with van der Waals surface area (Å²) < 4.78 is 21.3. The van der Waals surface area contributed by atoms with Gasteiger partial charge < -0.3 is 18.9 Å². The first kappa shape index (κ1) is 37.1. The standard InChI is InChI=1S/C32H34Cl6O8/c1-5-31(3)13-15(31)7-9-43-27(39)21-23(37)17(33)11-19(35)25(21)45-29(41)30(42)46-26-20(36)12-18(34)24(38)22(26)28(40)44-10-8-16-14-32(16,4)6-2/h11-12,15-16,21,23H,5-10,13-14H2,1-4H3. The molecule has 8 nitrogen and oxygen atoms in total. The molecule has 2 saturated carbocycles. The minimum absolute atomic E-state index is 0.00323. The van der Waals surface area contributed by atoms with Crippen LogP contribution >= 0.6 is 69.6 Å². The Hall–Kier alpha value is -1.68. The SMILES string of the molecule is CCC1(C)CC1CCOC(=O)c1c(Cl)c(Cl)cc(Cl)c1OC(=O)C(=O)OC1=C(Cl)C=C(Cl)C(Cl)C1C(=O)OCCC1CC1(C)CC. The van der Waals surface area contributed by atoms with Crippen LogP contribution in [0.3, 0.4) is 0 Å². The van der Waals surface area contributed by atoms with E-state index in [2.05, 4.69) is 27.7 Å². The Morgan fingerprint density at radius 1 is 0.826 bits per heavy atom. The predicted octanol–water partition coefficient (Wildman–Crippen LogP) is 9.26. The van der Waals surface area contributed by atoms with Gasteiger partial charge in [0.05, 0.1) is 38.7 Å². The molecule has 1 aromatic rings. The smallest absolute Gasteiger partial charge is 0.423 e. The van der Waals surface area contributed by atoms with Crippen LogP contribution in [0.5, 0.6) is 5.75 Å². The number of ether oxygens (including phenoxy) is 4. The van der Waals surface area contributed by atoms with Gasteiger partial charge >= 0.3 is 23.9 Å². The van der Waals surface area contributed by atoms with Gasteiger partial charge in [0.15, 0.2) is 5.75 Å². The topological polar surface area (TPSA) is 105 Å². The highest BCUT2D eigenvalue weighted by molar-refractivity contribution is 6.46. The molecule has 2 fully saturated rings. The minimum atomic E-state index is -1.62. The summed E-state index contributed by atoms with van der Waals surface area (Å²) in [5.41, 5.74) is -0.00495. The number of carbonyl (C=O) groups is 4. The van der Waals surface area contributed by atoms with Gasteiger partial charge in [-0.1, -0.05) is 98.5 Å². The fourth-order valence-electron chi connectivity index (χ4n) is 5.72. The van der Waals surface area contributed by atoms with Crippen molar-refractivity contribution >= 4 is 93.5 Å². The maximum atomic E-state index is 13.1. The van der Waals surface area contributed by atoms with Crippen molar-refractivity contribution in [3.63, 3.8) is 0 Å². The third kappa shape index (κ3) is 8.12. The molecule has 252 valence electrons. The highest BCUT2D eigenvalue weighted by Gasteiger charge is 2.49. The van der Waals surface area contributed by atoms with Crippen LogP contribution < -0.4 is 4.74 Å². The molecule has 14 heteroatoms. The molecule has 0 saturated heterocycles. The van der Waals surface area contributed by atoms with E-state index >= 15 is 0 Å². The van der Waals surface area contributed by atoms with Crippen molar-refractivity contribution < 1.29 is 38.1 Å². The largest absolute Gasteiger partial charge is 0.465 e. The Balaban J connectivity index is 1.45. The Morgan fingerprint density at radius 3 is 1.91 bits per heavy atom. The van der Waals surface area contributed by atoms with Gasteiger partial charge in [0, 0.05) is 5.03 Å². The minimum Gasteiger partial charge on any atom is -0.465 e. The second kappa shape index (κ2) is 14.8. The molecule has 0 bridgehead atoms. The van der Waals surface area contributed by atoms with Crippen molar-refractivity contribution in [1.82, 2.24) is 0 Å². The fourth-order valence-corrected chi connectivity index (χ4v) is 7.28. The van der Waals surface area contributed by atoms with Gasteiger partial charge in [0.1, 0.15) is 17.2 Å². The molecular weight excluding hydrogens is 725 g/mol. The zero-order valence-electron chi connectivity index (χ0n) is 25.7. The normalized spacial score (nSPS) is 28.3. The molecule has 0 amide bonds. The van der Waals surface area contributed by atoms with E-state index < -0.39 is 52.2 Å². The van der Waals surface area contributed by atoms with Crippen molar-refractivity contribution in [2.75, 3.05) is 13.2 Å². The van der Waals surface area contributed by atoms with Crippen LogP contribution in [-0.4, -0.2) is 42.5 Å². The number of benzene rings is 1. The lowest BCUT2D eigenvalue weighted by molar-refractivity contribution is -0.161. The number of carbonyl (C=O) groups excluding carboxylic acids is 4. The summed E-state index contributed by atoms with van der Waals surface area (Å²) >= 11 is 37.5. The number of hydrogen-bond donors (Lipinski definition) is 0. The van der Waals surface area contributed by atoms with Crippen LogP contribution in [0.25, 0.3) is 0 Å². The summed E-state index contributed by atoms with van der Waals surface area (Å²) in [6.45, 7) is 8.74. The van der Waals surface area contributed by atoms with Gasteiger partial charge in [-0.2, -0.15) is 0 Å². The zero-order valence-corrected chi connectivity index (χ0v) is 30.2. The summed E-state index contributed by atoms with van der Waals surface area (Å²) in [5, 5.41) is -2.16. The molecule has 3 aliphatic carbocycles. The van der Waals surface area contributed by atoms with Crippen LogP contribution in [0.4, 0.5) is 0 Å². The summed E-state index contributed by atoms with van der Waals surface area (Å²) in [6, 6.07) is 1.13. The van der Waals surface area contributed by atoms with Gasteiger partial charge in [0.2, 0.25) is 0 Å². The molecule has 6 atom stereocenters. The number of rotatable bonds is 12. The molecule has 6 unspecified atom stereocenters. The van der Waals surface area contributed by atoms with Gasteiger partial charge in [-0.05, 0) is 60.5 Å². The van der Waals surface area contributed by atoms with Crippen molar-refractivity contribution in [1.29, 1.82) is 0 Å². The molecule has 0 spiro atoms. The Labute approximate surface area is 297 Å². The molecule has 4 rings (SSSR count). The average molecular weight is 759 g/mol. The van der Waals surface area contributed by atoms with E-state index in [1.165, 1.54) is 6.08 Å².